The van der Waals surface area contributed by atoms with E-state index < -0.39 is 11.7 Å². The van der Waals surface area contributed by atoms with Gasteiger partial charge >= 0.3 is 6.09 Å². The van der Waals surface area contributed by atoms with Crippen molar-refractivity contribution in [3.63, 3.8) is 0 Å². The lowest BCUT2D eigenvalue weighted by atomic mass is 10.1. The first-order valence-corrected chi connectivity index (χ1v) is 8.87. The summed E-state index contributed by atoms with van der Waals surface area (Å²) in [5.41, 5.74) is 0.541. The smallest absolute Gasteiger partial charge is 0.412 e. The maximum Gasteiger partial charge on any atom is 0.412 e. The van der Waals surface area contributed by atoms with Crippen LogP contribution in [0.4, 0.5) is 16.2 Å². The molecular weight excluding hydrogens is 376 g/mol. The molecule has 0 saturated heterocycles. The van der Waals surface area contributed by atoms with Crippen LogP contribution in [0, 0.1) is 0 Å². The summed E-state index contributed by atoms with van der Waals surface area (Å²) in [6.07, 6.45) is -0.628. The molecular formula is C21H26N2O6. The van der Waals surface area contributed by atoms with Crippen molar-refractivity contribution in [1.82, 2.24) is 0 Å². The molecule has 0 spiro atoms. The van der Waals surface area contributed by atoms with Crippen molar-refractivity contribution >= 4 is 23.4 Å². The third-order valence-electron chi connectivity index (χ3n) is 3.71. The molecule has 2 N–H and O–H groups in total. The second kappa shape index (κ2) is 9.18. The minimum Gasteiger partial charge on any atom is -0.497 e. The molecule has 0 heterocycles. The van der Waals surface area contributed by atoms with E-state index in [9.17, 15) is 9.59 Å². The Morgan fingerprint density at radius 1 is 0.828 bits per heavy atom. The SMILES string of the molecule is COc1cc(OC)cc(C(=O)Nc2ccc(OC)c(NC(=O)OC(C)(C)C)c2)c1. The molecule has 0 atom stereocenters. The van der Waals surface area contributed by atoms with Crippen LogP contribution in [-0.2, 0) is 4.74 Å². The average Bonchev–Trinajstić information content (AvgIpc) is 2.66. The quantitative estimate of drug-likeness (QED) is 0.748. The molecule has 2 aromatic rings. The third-order valence-corrected chi connectivity index (χ3v) is 3.71. The fraction of sp³-hybridized carbons (Fsp3) is 0.333. The molecule has 0 aliphatic heterocycles. The minimum atomic E-state index is -0.644. The van der Waals surface area contributed by atoms with E-state index in [2.05, 4.69) is 10.6 Å². The first kappa shape index (κ1) is 21.9. The van der Waals surface area contributed by atoms with Gasteiger partial charge in [0.15, 0.2) is 0 Å². The predicted octanol–water partition coefficient (Wildman–Crippen LogP) is 4.31. The monoisotopic (exact) mass is 402 g/mol. The summed E-state index contributed by atoms with van der Waals surface area (Å²) in [5, 5.41) is 5.41. The molecule has 2 rings (SSSR count). The Bertz CT molecular complexity index is 867. The minimum absolute atomic E-state index is 0.360. The molecule has 156 valence electrons. The van der Waals surface area contributed by atoms with Gasteiger partial charge in [0.1, 0.15) is 22.8 Å². The fourth-order valence-corrected chi connectivity index (χ4v) is 2.44. The van der Waals surface area contributed by atoms with Gasteiger partial charge in [-0.15, -0.1) is 0 Å². The van der Waals surface area contributed by atoms with E-state index in [1.165, 1.54) is 21.3 Å². The molecule has 0 fully saturated rings. The molecule has 0 saturated carbocycles. The van der Waals surface area contributed by atoms with Gasteiger partial charge in [0.25, 0.3) is 5.91 Å². The summed E-state index contributed by atoms with van der Waals surface area (Å²) in [5.74, 6) is 1.06. The van der Waals surface area contributed by atoms with Crippen molar-refractivity contribution in [2.24, 2.45) is 0 Å². The number of methoxy groups -OCH3 is 3. The molecule has 0 aromatic heterocycles. The van der Waals surface area contributed by atoms with Crippen LogP contribution < -0.4 is 24.8 Å². The highest BCUT2D eigenvalue weighted by atomic mass is 16.6. The lowest BCUT2D eigenvalue weighted by Gasteiger charge is -2.20. The predicted molar refractivity (Wildman–Crippen MR) is 110 cm³/mol. The Morgan fingerprint density at radius 2 is 1.45 bits per heavy atom. The number of benzene rings is 2. The highest BCUT2D eigenvalue weighted by molar-refractivity contribution is 6.05. The van der Waals surface area contributed by atoms with Gasteiger partial charge in [0, 0.05) is 17.3 Å². The maximum absolute atomic E-state index is 12.7. The number of anilines is 2. The number of carbonyl (C=O) groups excluding carboxylic acids is 2. The number of ether oxygens (including phenoxy) is 4. The number of rotatable bonds is 6. The van der Waals surface area contributed by atoms with Crippen LogP contribution in [0.3, 0.4) is 0 Å². The van der Waals surface area contributed by atoms with Crippen LogP contribution in [0.2, 0.25) is 0 Å². The zero-order valence-electron chi connectivity index (χ0n) is 17.4. The van der Waals surface area contributed by atoms with Gasteiger partial charge in [-0.2, -0.15) is 0 Å². The third kappa shape index (κ3) is 6.31. The van der Waals surface area contributed by atoms with E-state index in [-0.39, 0.29) is 5.91 Å². The largest absolute Gasteiger partial charge is 0.497 e. The zero-order chi connectivity index (χ0) is 21.6. The van der Waals surface area contributed by atoms with Crippen LogP contribution in [0.5, 0.6) is 17.2 Å². The van der Waals surface area contributed by atoms with Crippen LogP contribution >= 0.6 is 0 Å². The van der Waals surface area contributed by atoms with Crippen LogP contribution in [0.25, 0.3) is 0 Å². The molecule has 8 nitrogen and oxygen atoms in total. The molecule has 0 aliphatic carbocycles. The van der Waals surface area contributed by atoms with Gasteiger partial charge in [-0.1, -0.05) is 0 Å². The molecule has 0 bridgehead atoms. The molecule has 0 unspecified atom stereocenters. The maximum atomic E-state index is 12.7. The van der Waals surface area contributed by atoms with Gasteiger partial charge in [-0.3, -0.25) is 10.1 Å². The van der Waals surface area contributed by atoms with Crippen LogP contribution in [0.1, 0.15) is 31.1 Å². The van der Waals surface area contributed by atoms with E-state index in [4.69, 9.17) is 18.9 Å². The Labute approximate surface area is 170 Å². The zero-order valence-corrected chi connectivity index (χ0v) is 17.4. The fourth-order valence-electron chi connectivity index (χ4n) is 2.44. The number of carbonyl (C=O) groups is 2. The van der Waals surface area contributed by atoms with E-state index in [1.807, 2.05) is 0 Å². The topological polar surface area (TPSA) is 95.1 Å². The van der Waals surface area contributed by atoms with Crippen LogP contribution in [-0.4, -0.2) is 38.9 Å². The van der Waals surface area contributed by atoms with Gasteiger partial charge in [0.2, 0.25) is 0 Å². The standard InChI is InChI=1S/C21H26N2O6/c1-21(2,3)29-20(25)23-17-11-14(7-8-18(17)28-6)22-19(24)13-9-15(26-4)12-16(10-13)27-5/h7-12H,1-6H3,(H,22,24)(H,23,25). The molecule has 2 aromatic carbocycles. The second-order valence-electron chi connectivity index (χ2n) is 7.10. The molecule has 2 amide bonds. The van der Waals surface area contributed by atoms with Crippen molar-refractivity contribution in [1.29, 1.82) is 0 Å². The highest BCUT2D eigenvalue weighted by Crippen LogP contribution is 2.29. The lowest BCUT2D eigenvalue weighted by molar-refractivity contribution is 0.0635. The summed E-state index contributed by atoms with van der Waals surface area (Å²) in [4.78, 5) is 24.7. The van der Waals surface area contributed by atoms with Crippen molar-refractivity contribution in [3.05, 3.63) is 42.0 Å². The van der Waals surface area contributed by atoms with E-state index in [1.54, 1.807) is 57.2 Å². The van der Waals surface area contributed by atoms with E-state index in [0.717, 1.165) is 0 Å². The van der Waals surface area contributed by atoms with Crippen LogP contribution in [0.15, 0.2) is 36.4 Å². The van der Waals surface area contributed by atoms with E-state index in [0.29, 0.717) is 34.2 Å². The number of amides is 2. The molecule has 8 heteroatoms. The van der Waals surface area contributed by atoms with Gasteiger partial charge < -0.3 is 24.3 Å². The van der Waals surface area contributed by atoms with Crippen molar-refractivity contribution in [3.8, 4) is 17.2 Å². The Hall–Kier alpha value is -3.42. The normalized spacial score (nSPS) is 10.7. The summed E-state index contributed by atoms with van der Waals surface area (Å²) in [7, 11) is 4.50. The van der Waals surface area contributed by atoms with Crippen molar-refractivity contribution in [2.45, 2.75) is 26.4 Å². The first-order chi connectivity index (χ1) is 13.6. The number of nitrogens with one attached hydrogen (secondary N) is 2. The summed E-state index contributed by atoms with van der Waals surface area (Å²) < 4.78 is 20.9. The number of hydrogen-bond acceptors (Lipinski definition) is 6. The number of hydrogen-bond donors (Lipinski definition) is 2. The summed E-state index contributed by atoms with van der Waals surface area (Å²) in [6, 6.07) is 9.75. The molecule has 0 aliphatic rings. The Morgan fingerprint density at radius 3 is 1.97 bits per heavy atom. The Balaban J connectivity index is 2.23. The van der Waals surface area contributed by atoms with Crippen molar-refractivity contribution < 1.29 is 28.5 Å². The second-order valence-corrected chi connectivity index (χ2v) is 7.10. The molecule has 29 heavy (non-hydrogen) atoms. The summed E-state index contributed by atoms with van der Waals surface area (Å²) >= 11 is 0. The van der Waals surface area contributed by atoms with Gasteiger partial charge in [-0.05, 0) is 51.1 Å². The van der Waals surface area contributed by atoms with Crippen molar-refractivity contribution in [2.75, 3.05) is 32.0 Å². The van der Waals surface area contributed by atoms with Gasteiger partial charge in [0.05, 0.1) is 27.0 Å². The van der Waals surface area contributed by atoms with E-state index >= 15 is 0 Å². The first-order valence-electron chi connectivity index (χ1n) is 8.87. The average molecular weight is 402 g/mol. The summed E-state index contributed by atoms with van der Waals surface area (Å²) in [6.45, 7) is 5.30. The van der Waals surface area contributed by atoms with Gasteiger partial charge in [-0.25, -0.2) is 4.79 Å². The lowest BCUT2D eigenvalue weighted by Crippen LogP contribution is -2.27. The molecule has 0 radical (unpaired) electrons. The Kier molecular flexibility index (Phi) is 6.93. The highest BCUT2D eigenvalue weighted by Gasteiger charge is 2.18.